The highest BCUT2D eigenvalue weighted by Gasteiger charge is 2.28. The fourth-order valence-electron chi connectivity index (χ4n) is 2.90. The zero-order valence-electron chi connectivity index (χ0n) is 14.3. The van der Waals surface area contributed by atoms with Crippen LogP contribution in [0.25, 0.3) is 0 Å². The first kappa shape index (κ1) is 16.5. The highest BCUT2D eigenvalue weighted by atomic mass is 16.5. The van der Waals surface area contributed by atoms with Crippen LogP contribution in [0.15, 0.2) is 30.6 Å². The maximum atomic E-state index is 12.8. The third kappa shape index (κ3) is 3.28. The number of hydrogen-bond donors (Lipinski definition) is 1. The number of aryl methyl sites for hydroxylation is 1. The van der Waals surface area contributed by atoms with Crippen LogP contribution in [-0.4, -0.2) is 45.4 Å². The third-order valence-electron chi connectivity index (χ3n) is 4.37. The molecule has 1 N–H and O–H groups in total. The minimum absolute atomic E-state index is 0.0376. The standard InChI is InChI=1S/C18H23N3O3/c1-12(2)13-4-5-15(16(22)8-13)18(23)21-6-7-24-17(11-21)14-9-19-20(3)10-14/h4-5,8-10,12,17,22H,6-7,11H2,1-3H3. The van der Waals surface area contributed by atoms with Gasteiger partial charge in [-0.25, -0.2) is 0 Å². The van der Waals surface area contributed by atoms with Gasteiger partial charge in [0.15, 0.2) is 0 Å². The lowest BCUT2D eigenvalue weighted by atomic mass is 10.0. The summed E-state index contributed by atoms with van der Waals surface area (Å²) in [4.78, 5) is 14.5. The van der Waals surface area contributed by atoms with Crippen LogP contribution in [0.5, 0.6) is 5.75 Å². The van der Waals surface area contributed by atoms with Crippen molar-refractivity contribution in [3.63, 3.8) is 0 Å². The summed E-state index contributed by atoms with van der Waals surface area (Å²) in [6.45, 7) is 5.54. The molecular weight excluding hydrogens is 306 g/mol. The second kappa shape index (κ2) is 6.65. The van der Waals surface area contributed by atoms with Crippen molar-refractivity contribution in [2.45, 2.75) is 25.9 Å². The number of rotatable bonds is 3. The van der Waals surface area contributed by atoms with Gasteiger partial charge in [0.05, 0.1) is 24.9 Å². The molecule has 3 rings (SSSR count). The van der Waals surface area contributed by atoms with Gasteiger partial charge >= 0.3 is 0 Å². The fraction of sp³-hybridized carbons (Fsp3) is 0.444. The van der Waals surface area contributed by atoms with Crippen LogP contribution in [0.3, 0.4) is 0 Å². The van der Waals surface area contributed by atoms with Crippen LogP contribution in [0.1, 0.15) is 47.4 Å². The van der Waals surface area contributed by atoms with E-state index in [1.54, 1.807) is 27.9 Å². The molecule has 0 saturated carbocycles. The second-order valence-corrected chi connectivity index (χ2v) is 6.49. The van der Waals surface area contributed by atoms with Gasteiger partial charge in [0.1, 0.15) is 11.9 Å². The molecule has 0 bridgehead atoms. The Balaban J connectivity index is 1.77. The van der Waals surface area contributed by atoms with Gasteiger partial charge in [-0.1, -0.05) is 19.9 Å². The number of phenolic OH excluding ortho intramolecular Hbond substituents is 1. The number of carbonyl (C=O) groups excluding carboxylic acids is 1. The Kier molecular flexibility index (Phi) is 4.57. The molecule has 1 fully saturated rings. The van der Waals surface area contributed by atoms with Crippen molar-refractivity contribution in [3.05, 3.63) is 47.3 Å². The van der Waals surface area contributed by atoms with E-state index in [4.69, 9.17) is 4.74 Å². The first-order valence-electron chi connectivity index (χ1n) is 8.18. The molecule has 2 heterocycles. The van der Waals surface area contributed by atoms with E-state index >= 15 is 0 Å². The number of aromatic nitrogens is 2. The SMILES string of the molecule is CC(C)c1ccc(C(=O)N2CCOC(c3cnn(C)c3)C2)c(O)c1. The normalized spacial score (nSPS) is 18.2. The Morgan fingerprint density at radius 3 is 2.83 bits per heavy atom. The van der Waals surface area contributed by atoms with Crippen molar-refractivity contribution in [1.82, 2.24) is 14.7 Å². The quantitative estimate of drug-likeness (QED) is 0.939. The smallest absolute Gasteiger partial charge is 0.257 e. The first-order valence-corrected chi connectivity index (χ1v) is 8.18. The Hall–Kier alpha value is -2.34. The molecule has 6 heteroatoms. The zero-order valence-corrected chi connectivity index (χ0v) is 14.3. The molecule has 0 aliphatic carbocycles. The highest BCUT2D eigenvalue weighted by molar-refractivity contribution is 5.97. The molecule has 1 atom stereocenters. The molecule has 24 heavy (non-hydrogen) atoms. The third-order valence-corrected chi connectivity index (χ3v) is 4.37. The zero-order chi connectivity index (χ0) is 17.3. The van der Waals surface area contributed by atoms with Crippen molar-refractivity contribution < 1.29 is 14.6 Å². The van der Waals surface area contributed by atoms with E-state index in [1.807, 2.05) is 19.3 Å². The van der Waals surface area contributed by atoms with Crippen molar-refractivity contribution >= 4 is 5.91 Å². The van der Waals surface area contributed by atoms with Crippen molar-refractivity contribution in [2.24, 2.45) is 7.05 Å². The first-order chi connectivity index (χ1) is 11.5. The monoisotopic (exact) mass is 329 g/mol. The molecule has 128 valence electrons. The Bertz CT molecular complexity index is 739. The summed E-state index contributed by atoms with van der Waals surface area (Å²) in [5.41, 5.74) is 2.31. The number of morpholine rings is 1. The summed E-state index contributed by atoms with van der Waals surface area (Å²) in [7, 11) is 1.85. The second-order valence-electron chi connectivity index (χ2n) is 6.49. The molecule has 2 aromatic rings. The summed E-state index contributed by atoms with van der Waals surface area (Å²) in [5, 5.41) is 14.4. The molecule has 0 spiro atoms. The van der Waals surface area contributed by atoms with Gasteiger partial charge in [0.25, 0.3) is 5.91 Å². The lowest BCUT2D eigenvalue weighted by molar-refractivity contribution is -0.0229. The van der Waals surface area contributed by atoms with Crippen LogP contribution in [0, 0.1) is 0 Å². The van der Waals surface area contributed by atoms with E-state index in [0.29, 0.717) is 31.2 Å². The van der Waals surface area contributed by atoms with Crippen molar-refractivity contribution in [1.29, 1.82) is 0 Å². The highest BCUT2D eigenvalue weighted by Crippen LogP contribution is 2.27. The van der Waals surface area contributed by atoms with E-state index in [0.717, 1.165) is 11.1 Å². The van der Waals surface area contributed by atoms with Gasteiger partial charge in [0.2, 0.25) is 0 Å². The number of benzene rings is 1. The molecule has 0 radical (unpaired) electrons. The summed E-state index contributed by atoms with van der Waals surface area (Å²) >= 11 is 0. The number of nitrogens with zero attached hydrogens (tertiary/aromatic N) is 3. The number of aromatic hydroxyl groups is 1. The minimum Gasteiger partial charge on any atom is -0.507 e. The number of hydrogen-bond acceptors (Lipinski definition) is 4. The van der Waals surface area contributed by atoms with Gasteiger partial charge < -0.3 is 14.7 Å². The van der Waals surface area contributed by atoms with Gasteiger partial charge in [-0.3, -0.25) is 9.48 Å². The van der Waals surface area contributed by atoms with Gasteiger partial charge in [-0.2, -0.15) is 5.10 Å². The van der Waals surface area contributed by atoms with Crippen LogP contribution in [0.2, 0.25) is 0 Å². The summed E-state index contributed by atoms with van der Waals surface area (Å²) < 4.78 is 7.48. The average Bonchev–Trinajstić information content (AvgIpc) is 3.01. The molecule has 1 aliphatic heterocycles. The number of ether oxygens (including phenoxy) is 1. The summed E-state index contributed by atoms with van der Waals surface area (Å²) in [5.74, 6) is 0.175. The van der Waals surface area contributed by atoms with E-state index in [-0.39, 0.29) is 17.8 Å². The fourth-order valence-corrected chi connectivity index (χ4v) is 2.90. The molecule has 1 amide bonds. The van der Waals surface area contributed by atoms with Crippen LogP contribution < -0.4 is 0 Å². The van der Waals surface area contributed by atoms with Crippen LogP contribution >= 0.6 is 0 Å². The molecule has 6 nitrogen and oxygen atoms in total. The van der Waals surface area contributed by atoms with Crippen LogP contribution in [-0.2, 0) is 11.8 Å². The average molecular weight is 329 g/mol. The molecular formula is C18H23N3O3. The number of carbonyl (C=O) groups is 1. The lowest BCUT2D eigenvalue weighted by Gasteiger charge is -2.32. The Morgan fingerprint density at radius 2 is 2.21 bits per heavy atom. The van der Waals surface area contributed by atoms with Crippen molar-refractivity contribution in [2.75, 3.05) is 19.7 Å². The molecule has 1 aromatic heterocycles. The molecule has 1 aliphatic rings. The van der Waals surface area contributed by atoms with E-state index in [2.05, 4.69) is 18.9 Å². The number of amides is 1. The lowest BCUT2D eigenvalue weighted by Crippen LogP contribution is -2.42. The minimum atomic E-state index is -0.187. The Morgan fingerprint density at radius 1 is 1.42 bits per heavy atom. The van der Waals surface area contributed by atoms with Crippen molar-refractivity contribution in [3.8, 4) is 5.75 Å². The molecule has 1 unspecified atom stereocenters. The molecule has 1 aromatic carbocycles. The van der Waals surface area contributed by atoms with E-state index in [9.17, 15) is 9.90 Å². The van der Waals surface area contributed by atoms with E-state index < -0.39 is 0 Å². The topological polar surface area (TPSA) is 67.6 Å². The van der Waals surface area contributed by atoms with E-state index in [1.165, 1.54) is 0 Å². The van der Waals surface area contributed by atoms with Crippen LogP contribution in [0.4, 0.5) is 0 Å². The number of phenols is 1. The summed E-state index contributed by atoms with van der Waals surface area (Å²) in [6.07, 6.45) is 3.47. The maximum absolute atomic E-state index is 12.8. The van der Waals surface area contributed by atoms with Gasteiger partial charge in [-0.15, -0.1) is 0 Å². The Labute approximate surface area is 141 Å². The molecule has 1 saturated heterocycles. The van der Waals surface area contributed by atoms with Gasteiger partial charge in [-0.05, 0) is 23.6 Å². The summed E-state index contributed by atoms with van der Waals surface area (Å²) in [6, 6.07) is 5.29. The largest absolute Gasteiger partial charge is 0.507 e. The predicted molar refractivity (Wildman–Crippen MR) is 90.0 cm³/mol. The predicted octanol–water partition coefficient (Wildman–Crippen LogP) is 2.46. The van der Waals surface area contributed by atoms with Gasteiger partial charge in [0, 0.05) is 25.4 Å². The maximum Gasteiger partial charge on any atom is 0.257 e.